The minimum atomic E-state index is -0.290. The second kappa shape index (κ2) is 5.62. The molecule has 17 heavy (non-hydrogen) atoms. The molecule has 0 saturated carbocycles. The van der Waals surface area contributed by atoms with Gasteiger partial charge in [0.15, 0.2) is 0 Å². The van der Waals surface area contributed by atoms with Crippen LogP contribution in [0, 0.1) is 0 Å². The van der Waals surface area contributed by atoms with E-state index >= 15 is 0 Å². The maximum absolute atomic E-state index is 10.9. The third kappa shape index (κ3) is 3.52. The summed E-state index contributed by atoms with van der Waals surface area (Å²) in [5.74, 6) is -0.290. The van der Waals surface area contributed by atoms with Crippen LogP contribution in [-0.4, -0.2) is 37.0 Å². The number of rotatable bonds is 3. The lowest BCUT2D eigenvalue weighted by Gasteiger charge is -2.32. The molecule has 1 aliphatic rings. The van der Waals surface area contributed by atoms with E-state index in [1.165, 1.54) is 0 Å². The molecular weight excluding hydrogens is 284 g/mol. The summed E-state index contributed by atoms with van der Waals surface area (Å²) in [7, 11) is 0. The molecule has 0 spiro atoms. The minimum Gasteiger partial charge on any atom is -0.371 e. The Morgan fingerprint density at radius 3 is 2.82 bits per heavy atom. The van der Waals surface area contributed by atoms with Gasteiger partial charge in [0.25, 0.3) is 0 Å². The van der Waals surface area contributed by atoms with Crippen molar-refractivity contribution in [2.45, 2.75) is 6.10 Å². The second-order valence-corrected chi connectivity index (χ2v) is 5.03. The van der Waals surface area contributed by atoms with Gasteiger partial charge in [-0.3, -0.25) is 9.69 Å². The van der Waals surface area contributed by atoms with Gasteiger partial charge in [-0.1, -0.05) is 28.1 Å². The van der Waals surface area contributed by atoms with Gasteiger partial charge in [-0.25, -0.2) is 0 Å². The van der Waals surface area contributed by atoms with Crippen molar-refractivity contribution < 1.29 is 9.53 Å². The fourth-order valence-corrected chi connectivity index (χ4v) is 2.21. The molecule has 2 rings (SSSR count). The van der Waals surface area contributed by atoms with E-state index in [-0.39, 0.29) is 12.0 Å². The summed E-state index contributed by atoms with van der Waals surface area (Å²) in [5, 5.41) is 0. The minimum absolute atomic E-state index is 0.0243. The topological polar surface area (TPSA) is 55.6 Å². The summed E-state index contributed by atoms with van der Waals surface area (Å²) in [4.78, 5) is 12.9. The summed E-state index contributed by atoms with van der Waals surface area (Å²) in [6, 6.07) is 8.04. The number of nitrogens with two attached hydrogens (primary N) is 1. The number of hydrogen-bond acceptors (Lipinski definition) is 3. The van der Waals surface area contributed by atoms with Gasteiger partial charge in [-0.05, 0) is 17.7 Å². The van der Waals surface area contributed by atoms with Crippen molar-refractivity contribution >= 4 is 21.8 Å². The number of benzene rings is 1. The van der Waals surface area contributed by atoms with Gasteiger partial charge in [-0.2, -0.15) is 0 Å². The highest BCUT2D eigenvalue weighted by Gasteiger charge is 2.22. The van der Waals surface area contributed by atoms with Gasteiger partial charge in [0.1, 0.15) is 0 Å². The number of morpholine rings is 1. The zero-order chi connectivity index (χ0) is 12.3. The first kappa shape index (κ1) is 12.5. The fourth-order valence-electron chi connectivity index (χ4n) is 1.95. The zero-order valence-corrected chi connectivity index (χ0v) is 11.0. The Morgan fingerprint density at radius 2 is 2.18 bits per heavy atom. The summed E-state index contributed by atoms with van der Waals surface area (Å²) in [6.07, 6.45) is 0.0243. The fraction of sp³-hybridized carbons (Fsp3) is 0.417. The number of amides is 1. The van der Waals surface area contributed by atoms with E-state index < -0.39 is 0 Å². The Hall–Kier alpha value is -0.910. The highest BCUT2D eigenvalue weighted by atomic mass is 79.9. The quantitative estimate of drug-likeness (QED) is 0.915. The van der Waals surface area contributed by atoms with Crippen molar-refractivity contribution in [3.05, 3.63) is 34.3 Å². The van der Waals surface area contributed by atoms with E-state index in [1.54, 1.807) is 0 Å². The van der Waals surface area contributed by atoms with Crippen LogP contribution in [0.2, 0.25) is 0 Å². The Kier molecular flexibility index (Phi) is 4.15. The number of halogens is 1. The van der Waals surface area contributed by atoms with E-state index in [9.17, 15) is 4.79 Å². The molecule has 1 fully saturated rings. The molecule has 0 unspecified atom stereocenters. The number of carbonyl (C=O) groups is 1. The molecule has 0 aromatic heterocycles. The molecule has 5 heteroatoms. The Labute approximate surface area is 109 Å². The van der Waals surface area contributed by atoms with Crippen LogP contribution >= 0.6 is 15.9 Å². The van der Waals surface area contributed by atoms with Crippen molar-refractivity contribution in [2.24, 2.45) is 5.73 Å². The predicted octanol–water partition coefficient (Wildman–Crippen LogP) is 1.31. The van der Waals surface area contributed by atoms with Crippen LogP contribution in [0.1, 0.15) is 11.7 Å². The molecule has 0 radical (unpaired) electrons. The third-order valence-corrected chi connectivity index (χ3v) is 3.30. The Bertz CT molecular complexity index is 394. The number of hydrogen-bond donors (Lipinski definition) is 1. The third-order valence-electron chi connectivity index (χ3n) is 2.77. The lowest BCUT2D eigenvalue weighted by Crippen LogP contribution is -2.42. The Balaban J connectivity index is 2.01. The van der Waals surface area contributed by atoms with Crippen LogP contribution < -0.4 is 5.73 Å². The molecule has 4 nitrogen and oxygen atoms in total. The van der Waals surface area contributed by atoms with E-state index in [4.69, 9.17) is 10.5 Å². The average molecular weight is 299 g/mol. The van der Waals surface area contributed by atoms with Gasteiger partial charge in [0, 0.05) is 17.6 Å². The zero-order valence-electron chi connectivity index (χ0n) is 9.43. The summed E-state index contributed by atoms with van der Waals surface area (Å²) >= 11 is 3.40. The van der Waals surface area contributed by atoms with Gasteiger partial charge in [-0.15, -0.1) is 0 Å². The van der Waals surface area contributed by atoms with E-state index in [0.29, 0.717) is 19.7 Å². The molecule has 1 aliphatic heterocycles. The largest absolute Gasteiger partial charge is 0.371 e. The van der Waals surface area contributed by atoms with Gasteiger partial charge in [0.05, 0.1) is 19.3 Å². The van der Waals surface area contributed by atoms with E-state index in [1.807, 2.05) is 29.2 Å². The molecule has 0 bridgehead atoms. The van der Waals surface area contributed by atoms with Crippen LogP contribution in [-0.2, 0) is 9.53 Å². The smallest absolute Gasteiger partial charge is 0.231 e. The predicted molar refractivity (Wildman–Crippen MR) is 68.5 cm³/mol. The molecule has 1 aromatic rings. The number of nitrogens with zero attached hydrogens (tertiary/aromatic N) is 1. The van der Waals surface area contributed by atoms with Gasteiger partial charge >= 0.3 is 0 Å². The second-order valence-electron chi connectivity index (χ2n) is 4.11. The van der Waals surface area contributed by atoms with Crippen molar-refractivity contribution in [3.8, 4) is 0 Å². The average Bonchev–Trinajstić information content (AvgIpc) is 2.29. The molecule has 1 amide bonds. The number of carbonyl (C=O) groups excluding carboxylic acids is 1. The molecule has 92 valence electrons. The van der Waals surface area contributed by atoms with Crippen molar-refractivity contribution in [2.75, 3.05) is 26.2 Å². The maximum Gasteiger partial charge on any atom is 0.231 e. The first-order chi connectivity index (χ1) is 8.15. The first-order valence-electron chi connectivity index (χ1n) is 5.53. The lowest BCUT2D eigenvalue weighted by atomic mass is 10.1. The Morgan fingerprint density at radius 1 is 1.47 bits per heavy atom. The van der Waals surface area contributed by atoms with Crippen LogP contribution in [0.4, 0.5) is 0 Å². The highest BCUT2D eigenvalue weighted by Crippen LogP contribution is 2.23. The van der Waals surface area contributed by atoms with Crippen LogP contribution in [0.3, 0.4) is 0 Å². The maximum atomic E-state index is 10.9. The molecule has 2 N–H and O–H groups in total. The highest BCUT2D eigenvalue weighted by molar-refractivity contribution is 9.10. The molecule has 1 atom stereocenters. The number of primary amides is 1. The first-order valence-corrected chi connectivity index (χ1v) is 6.32. The van der Waals surface area contributed by atoms with Crippen molar-refractivity contribution in [1.29, 1.82) is 0 Å². The normalized spacial score (nSPS) is 21.4. The van der Waals surface area contributed by atoms with Crippen molar-refractivity contribution in [1.82, 2.24) is 4.90 Å². The SMILES string of the molecule is NC(=O)CN1CCO[C@H](c2ccc(Br)cc2)C1. The van der Waals surface area contributed by atoms with Crippen LogP contribution in [0.5, 0.6) is 0 Å². The standard InChI is InChI=1S/C12H15BrN2O2/c13-10-3-1-9(2-4-10)11-7-15(5-6-17-11)8-12(14)16/h1-4,11H,5-8H2,(H2,14,16)/t11-/m0/s1. The van der Waals surface area contributed by atoms with Crippen molar-refractivity contribution in [3.63, 3.8) is 0 Å². The summed E-state index contributed by atoms with van der Waals surface area (Å²) in [6.45, 7) is 2.41. The molecule has 1 saturated heterocycles. The van der Waals surface area contributed by atoms with Crippen LogP contribution in [0.25, 0.3) is 0 Å². The molecule has 1 heterocycles. The van der Waals surface area contributed by atoms with Gasteiger partial charge in [0.2, 0.25) is 5.91 Å². The lowest BCUT2D eigenvalue weighted by molar-refractivity contribution is -0.121. The number of ether oxygens (including phenoxy) is 1. The molecule has 1 aromatic carbocycles. The van der Waals surface area contributed by atoms with Gasteiger partial charge < -0.3 is 10.5 Å². The van der Waals surface area contributed by atoms with Crippen LogP contribution in [0.15, 0.2) is 28.7 Å². The molecular formula is C12H15BrN2O2. The monoisotopic (exact) mass is 298 g/mol. The summed E-state index contributed by atoms with van der Waals surface area (Å²) in [5.41, 5.74) is 6.33. The molecule has 0 aliphatic carbocycles. The van der Waals surface area contributed by atoms with E-state index in [2.05, 4.69) is 15.9 Å². The van der Waals surface area contributed by atoms with E-state index in [0.717, 1.165) is 16.6 Å². The summed E-state index contributed by atoms with van der Waals surface area (Å²) < 4.78 is 6.75.